The summed E-state index contributed by atoms with van der Waals surface area (Å²) in [6.45, 7) is 0. The number of hydrogen-bond donors (Lipinski definition) is 1. The van der Waals surface area contributed by atoms with E-state index in [1.54, 1.807) is 14.1 Å². The molecule has 0 spiro atoms. The second-order valence-corrected chi connectivity index (χ2v) is 0.964. The van der Waals surface area contributed by atoms with Crippen LogP contribution >= 0.6 is 0 Å². The third-order valence-corrected chi connectivity index (χ3v) is 0. The van der Waals surface area contributed by atoms with Gasteiger partial charge < -0.3 is 0 Å². The van der Waals surface area contributed by atoms with Gasteiger partial charge in [-0.05, 0) is 0 Å². The van der Waals surface area contributed by atoms with Gasteiger partial charge in [-0.2, -0.15) is 0 Å². The Hall–Kier alpha value is 0.414. The normalized spacial score (nSPS) is 7.20. The fraction of sp³-hybridized carbons (Fsp3) is 1.00. The van der Waals surface area contributed by atoms with Crippen molar-refractivity contribution >= 4 is 0 Å². The molecule has 0 aliphatic rings. The van der Waals surface area contributed by atoms with Crippen molar-refractivity contribution < 1.29 is 16.5 Å². The Kier molecular flexibility index (Phi) is 7.99. The molecule has 0 saturated heterocycles. The number of hydrogen-bond acceptors (Lipinski definition) is 2. The molecule has 0 rings (SSSR count). The molecule has 0 aromatic carbocycles. The predicted molar refractivity (Wildman–Crippen MR) is 17.9 cm³/mol. The number of hydrazine groups is 1. The predicted octanol–water partition coefficient (Wildman–Crippen LogP) is -0.581. The molecular formula is C2H8N2Ni. The van der Waals surface area contributed by atoms with E-state index in [9.17, 15) is 0 Å². The summed E-state index contributed by atoms with van der Waals surface area (Å²) in [6, 6.07) is 0. The molecule has 2 N–H and O–H groups in total. The zero-order valence-electron chi connectivity index (χ0n) is 3.34. The molecule has 0 aliphatic carbocycles. The largest absolute Gasteiger partial charge is 0.269 e. The van der Waals surface area contributed by atoms with Gasteiger partial charge in [-0.3, -0.25) is 10.9 Å². The van der Waals surface area contributed by atoms with Crippen molar-refractivity contribution in [2.45, 2.75) is 0 Å². The van der Waals surface area contributed by atoms with Crippen LogP contribution in [0, 0.1) is 0 Å². The first kappa shape index (κ1) is 9.05. The molecule has 0 aliphatic heterocycles. The van der Waals surface area contributed by atoms with E-state index in [0.29, 0.717) is 0 Å². The van der Waals surface area contributed by atoms with Crippen LogP contribution in [0.4, 0.5) is 0 Å². The first-order chi connectivity index (χ1) is 1.73. The zero-order chi connectivity index (χ0) is 3.58. The molecule has 0 saturated carbocycles. The minimum absolute atomic E-state index is 0. The van der Waals surface area contributed by atoms with Crippen LogP contribution in [0.15, 0.2) is 0 Å². The molecule has 2 nitrogen and oxygen atoms in total. The van der Waals surface area contributed by atoms with Gasteiger partial charge in [-0.1, -0.05) is 0 Å². The average molecular weight is 119 g/mol. The first-order valence-corrected chi connectivity index (χ1v) is 1.15. The van der Waals surface area contributed by atoms with Crippen LogP contribution < -0.4 is 5.84 Å². The molecule has 0 fully saturated rings. The quantitative estimate of drug-likeness (QED) is 0.262. The molecule has 0 bridgehead atoms. The van der Waals surface area contributed by atoms with Gasteiger partial charge in [0, 0.05) is 30.6 Å². The second kappa shape index (κ2) is 4.41. The molecule has 0 aromatic rings. The van der Waals surface area contributed by atoms with E-state index in [-0.39, 0.29) is 16.5 Å². The van der Waals surface area contributed by atoms with Crippen LogP contribution in [0.5, 0.6) is 0 Å². The summed E-state index contributed by atoms with van der Waals surface area (Å²) >= 11 is 0. The van der Waals surface area contributed by atoms with Crippen LogP contribution in [-0.2, 0) is 16.5 Å². The van der Waals surface area contributed by atoms with E-state index < -0.39 is 0 Å². The smallest absolute Gasteiger partial charge is 0.00105 e. The molecule has 0 unspecified atom stereocenters. The van der Waals surface area contributed by atoms with Crippen molar-refractivity contribution in [3.8, 4) is 0 Å². The number of rotatable bonds is 0. The van der Waals surface area contributed by atoms with Gasteiger partial charge in [0.2, 0.25) is 0 Å². The Morgan fingerprint density at radius 3 is 1.40 bits per heavy atom. The Bertz CT molecular complexity index is 12.4. The minimum atomic E-state index is 0. The molecule has 3 heteroatoms. The van der Waals surface area contributed by atoms with Crippen LogP contribution in [0.25, 0.3) is 0 Å². The molecule has 36 valence electrons. The summed E-state index contributed by atoms with van der Waals surface area (Å²) in [4.78, 5) is 0. The van der Waals surface area contributed by atoms with Crippen molar-refractivity contribution in [1.82, 2.24) is 5.01 Å². The summed E-state index contributed by atoms with van der Waals surface area (Å²) in [7, 11) is 3.56. The van der Waals surface area contributed by atoms with Crippen LogP contribution in [0.1, 0.15) is 0 Å². The summed E-state index contributed by atoms with van der Waals surface area (Å²) in [5.74, 6) is 4.94. The standard InChI is InChI=1S/C2H8N2.Ni/c1-4(2)3;/h3H2,1-2H3;. The summed E-state index contributed by atoms with van der Waals surface area (Å²) in [5.41, 5.74) is 0. The Morgan fingerprint density at radius 1 is 1.40 bits per heavy atom. The van der Waals surface area contributed by atoms with Crippen molar-refractivity contribution in [2.75, 3.05) is 14.1 Å². The fourth-order valence-corrected chi connectivity index (χ4v) is 0. The molecule has 5 heavy (non-hydrogen) atoms. The van der Waals surface area contributed by atoms with Gasteiger partial charge in [0.05, 0.1) is 0 Å². The van der Waals surface area contributed by atoms with Crippen molar-refractivity contribution in [2.24, 2.45) is 5.84 Å². The van der Waals surface area contributed by atoms with Crippen LogP contribution in [0.2, 0.25) is 0 Å². The molecule has 0 aromatic heterocycles. The topological polar surface area (TPSA) is 29.3 Å². The van der Waals surface area contributed by atoms with E-state index in [1.807, 2.05) is 0 Å². The molecule has 0 radical (unpaired) electrons. The maximum atomic E-state index is 4.94. The third-order valence-electron chi connectivity index (χ3n) is 0. The monoisotopic (exact) mass is 118 g/mol. The van der Waals surface area contributed by atoms with E-state index in [0.717, 1.165) is 0 Å². The Morgan fingerprint density at radius 2 is 1.40 bits per heavy atom. The summed E-state index contributed by atoms with van der Waals surface area (Å²) < 4.78 is 0. The van der Waals surface area contributed by atoms with Gasteiger partial charge in [0.15, 0.2) is 0 Å². The zero-order valence-corrected chi connectivity index (χ0v) is 4.33. The summed E-state index contributed by atoms with van der Waals surface area (Å²) in [6.07, 6.45) is 0. The van der Waals surface area contributed by atoms with Gasteiger partial charge in [0.1, 0.15) is 0 Å². The van der Waals surface area contributed by atoms with Gasteiger partial charge in [-0.15, -0.1) is 0 Å². The first-order valence-electron chi connectivity index (χ1n) is 1.15. The molecule has 0 heterocycles. The Balaban J connectivity index is 0. The fourth-order valence-electron chi connectivity index (χ4n) is 0. The summed E-state index contributed by atoms with van der Waals surface area (Å²) in [5, 5.41) is 1.50. The maximum absolute atomic E-state index is 4.94. The van der Waals surface area contributed by atoms with Crippen LogP contribution in [0.3, 0.4) is 0 Å². The van der Waals surface area contributed by atoms with E-state index in [4.69, 9.17) is 5.84 Å². The SMILES string of the molecule is CN(C)N.[Ni]. The molecule has 0 atom stereocenters. The second-order valence-electron chi connectivity index (χ2n) is 0.964. The van der Waals surface area contributed by atoms with Gasteiger partial charge >= 0.3 is 0 Å². The molecular weight excluding hydrogens is 111 g/mol. The molecule has 0 amide bonds. The van der Waals surface area contributed by atoms with Gasteiger partial charge in [0.25, 0.3) is 0 Å². The van der Waals surface area contributed by atoms with Gasteiger partial charge in [-0.25, -0.2) is 0 Å². The maximum Gasteiger partial charge on any atom is 0.00105 e. The van der Waals surface area contributed by atoms with Crippen molar-refractivity contribution in [3.63, 3.8) is 0 Å². The number of nitrogens with zero attached hydrogens (tertiary/aromatic N) is 1. The van der Waals surface area contributed by atoms with Crippen molar-refractivity contribution in [3.05, 3.63) is 0 Å². The van der Waals surface area contributed by atoms with E-state index in [1.165, 1.54) is 5.01 Å². The minimum Gasteiger partial charge on any atom is -0.269 e. The van der Waals surface area contributed by atoms with E-state index in [2.05, 4.69) is 0 Å². The van der Waals surface area contributed by atoms with Crippen molar-refractivity contribution in [1.29, 1.82) is 0 Å². The third kappa shape index (κ3) is 150. The average Bonchev–Trinajstić information content (AvgIpc) is 0.811. The Labute approximate surface area is 42.2 Å². The number of nitrogens with two attached hydrogens (primary N) is 1. The van der Waals surface area contributed by atoms with E-state index >= 15 is 0 Å². The van der Waals surface area contributed by atoms with Crippen LogP contribution in [-0.4, -0.2) is 19.1 Å².